The minimum absolute atomic E-state index is 0.00679. The Kier molecular flexibility index (Phi) is 3.67. The van der Waals surface area contributed by atoms with Crippen molar-refractivity contribution in [2.75, 3.05) is 0 Å². The summed E-state index contributed by atoms with van der Waals surface area (Å²) >= 11 is 19.7. The van der Waals surface area contributed by atoms with Gasteiger partial charge in [-0.1, -0.05) is 48.8 Å². The normalized spacial score (nSPS) is 10.5. The van der Waals surface area contributed by atoms with Gasteiger partial charge in [0.1, 0.15) is 0 Å². The fourth-order valence-corrected chi connectivity index (χ4v) is 2.89. The Morgan fingerprint density at radius 1 is 1.11 bits per heavy atom. The molecule has 0 spiro atoms. The lowest BCUT2D eigenvalue weighted by Gasteiger charge is -2.00. The molecular weight excluding hydrogens is 306 g/mol. The Hall–Kier alpha value is -1.02. The predicted molar refractivity (Wildman–Crippen MR) is 80.7 cm³/mol. The first-order valence-corrected chi connectivity index (χ1v) is 6.42. The van der Waals surface area contributed by atoms with Crippen molar-refractivity contribution in [2.24, 2.45) is 0 Å². The summed E-state index contributed by atoms with van der Waals surface area (Å²) in [5.74, 6) is 0. The van der Waals surface area contributed by atoms with E-state index in [2.05, 4.69) is 12.6 Å². The van der Waals surface area contributed by atoms with E-state index in [1.807, 2.05) is 0 Å². The molecule has 0 N–H and O–H groups in total. The Morgan fingerprint density at radius 3 is 2.28 bits per heavy atom. The SMILES string of the molecule is O=[N+]([O-])c1cccc(-c2c(S)c(=S)c(=S)c2=S)c1. The maximum Gasteiger partial charge on any atom is 0.270 e. The summed E-state index contributed by atoms with van der Waals surface area (Å²) in [5.41, 5.74) is 1.21. The Morgan fingerprint density at radius 2 is 1.78 bits per heavy atom. The number of hydrogen-bond donors (Lipinski definition) is 1. The first-order valence-electron chi connectivity index (χ1n) is 4.75. The molecule has 0 atom stereocenters. The van der Waals surface area contributed by atoms with Crippen LogP contribution in [0.3, 0.4) is 0 Å². The maximum absolute atomic E-state index is 10.7. The van der Waals surface area contributed by atoms with Gasteiger partial charge in [0.05, 0.1) is 18.5 Å². The van der Waals surface area contributed by atoms with E-state index in [1.165, 1.54) is 12.1 Å². The molecule has 0 aliphatic heterocycles. The highest BCUT2D eigenvalue weighted by Crippen LogP contribution is 2.33. The van der Waals surface area contributed by atoms with Gasteiger partial charge in [-0.05, 0) is 5.56 Å². The molecule has 0 heterocycles. The van der Waals surface area contributed by atoms with Gasteiger partial charge in [0.15, 0.2) is 0 Å². The van der Waals surface area contributed by atoms with Crippen molar-refractivity contribution in [3.63, 3.8) is 0 Å². The van der Waals surface area contributed by atoms with Crippen LogP contribution in [0.2, 0.25) is 0 Å². The monoisotopic (exact) mass is 311 g/mol. The molecule has 0 saturated carbocycles. The fourth-order valence-electron chi connectivity index (χ4n) is 1.59. The summed E-state index contributed by atoms with van der Waals surface area (Å²) in [6.07, 6.45) is 0. The molecule has 0 aromatic heterocycles. The lowest BCUT2D eigenvalue weighted by Crippen LogP contribution is -1.88. The first-order chi connectivity index (χ1) is 8.43. The second kappa shape index (κ2) is 4.93. The molecule has 2 aromatic rings. The van der Waals surface area contributed by atoms with E-state index in [4.69, 9.17) is 36.7 Å². The first kappa shape index (κ1) is 13.4. The molecule has 0 unspecified atom stereocenters. The number of nitro groups is 1. The Bertz CT molecular complexity index is 790. The van der Waals surface area contributed by atoms with Gasteiger partial charge in [-0.15, -0.1) is 12.6 Å². The van der Waals surface area contributed by atoms with Gasteiger partial charge in [0.25, 0.3) is 5.69 Å². The van der Waals surface area contributed by atoms with E-state index in [9.17, 15) is 10.1 Å². The number of nitrogens with zero attached hydrogens (tertiary/aromatic N) is 1. The molecule has 18 heavy (non-hydrogen) atoms. The van der Waals surface area contributed by atoms with Crippen molar-refractivity contribution in [2.45, 2.75) is 4.90 Å². The molecular formula is C11H5NO2S4. The lowest BCUT2D eigenvalue weighted by atomic mass is 10.1. The maximum atomic E-state index is 10.7. The van der Waals surface area contributed by atoms with Gasteiger partial charge < -0.3 is 0 Å². The van der Waals surface area contributed by atoms with E-state index in [-0.39, 0.29) is 5.69 Å². The molecule has 0 aliphatic rings. The zero-order valence-corrected chi connectivity index (χ0v) is 12.1. The van der Waals surface area contributed by atoms with E-state index in [1.54, 1.807) is 12.1 Å². The fraction of sp³-hybridized carbons (Fsp3) is 0. The van der Waals surface area contributed by atoms with Crippen LogP contribution in [0.5, 0.6) is 0 Å². The number of nitro benzene ring substituents is 1. The van der Waals surface area contributed by atoms with Crippen molar-refractivity contribution in [1.29, 1.82) is 0 Å². The second-order valence-corrected chi connectivity index (χ2v) is 5.19. The van der Waals surface area contributed by atoms with Gasteiger partial charge in [-0.3, -0.25) is 10.1 Å². The molecule has 0 aliphatic carbocycles. The van der Waals surface area contributed by atoms with Crippen LogP contribution in [0.1, 0.15) is 0 Å². The number of hydrogen-bond acceptors (Lipinski definition) is 6. The van der Waals surface area contributed by atoms with Crippen LogP contribution in [0.15, 0.2) is 29.2 Å². The summed E-state index contributed by atoms with van der Waals surface area (Å²) in [4.78, 5) is 10.8. The zero-order chi connectivity index (χ0) is 13.4. The molecule has 90 valence electrons. The third kappa shape index (κ3) is 2.14. The molecule has 0 radical (unpaired) electrons. The van der Waals surface area contributed by atoms with E-state index in [0.717, 1.165) is 0 Å². The smallest absolute Gasteiger partial charge is 0.258 e. The quantitative estimate of drug-likeness (QED) is 0.379. The van der Waals surface area contributed by atoms with Crippen LogP contribution in [0.4, 0.5) is 5.69 Å². The summed E-state index contributed by atoms with van der Waals surface area (Å²) in [7, 11) is 0. The average molecular weight is 311 g/mol. The summed E-state index contributed by atoms with van der Waals surface area (Å²) in [5, 5.41) is 10.7. The topological polar surface area (TPSA) is 43.1 Å². The third-order valence-electron chi connectivity index (χ3n) is 2.44. The molecule has 0 saturated heterocycles. The zero-order valence-electron chi connectivity index (χ0n) is 8.75. The van der Waals surface area contributed by atoms with Crippen LogP contribution in [0, 0.1) is 23.6 Å². The van der Waals surface area contributed by atoms with Crippen molar-refractivity contribution < 1.29 is 4.92 Å². The number of benzene rings is 1. The average Bonchev–Trinajstić information content (AvgIpc) is 2.54. The van der Waals surface area contributed by atoms with Crippen LogP contribution in [-0.4, -0.2) is 4.92 Å². The molecule has 2 aromatic carbocycles. The molecule has 3 nitrogen and oxygen atoms in total. The minimum Gasteiger partial charge on any atom is -0.258 e. The Balaban J connectivity index is 2.78. The predicted octanol–water partition coefficient (Wildman–Crippen LogP) is 4.61. The van der Waals surface area contributed by atoms with Crippen LogP contribution < -0.4 is 0 Å². The largest absolute Gasteiger partial charge is 0.270 e. The van der Waals surface area contributed by atoms with Gasteiger partial charge in [0.2, 0.25) is 0 Å². The highest BCUT2D eigenvalue weighted by Gasteiger charge is 2.14. The highest BCUT2D eigenvalue weighted by molar-refractivity contribution is 7.81. The van der Waals surface area contributed by atoms with Gasteiger partial charge in [-0.25, -0.2) is 0 Å². The van der Waals surface area contributed by atoms with Crippen LogP contribution in [-0.2, 0) is 0 Å². The van der Waals surface area contributed by atoms with Crippen molar-refractivity contribution in [3.05, 3.63) is 47.9 Å². The second-order valence-electron chi connectivity index (χ2n) is 3.52. The van der Waals surface area contributed by atoms with Gasteiger partial charge >= 0.3 is 0 Å². The molecule has 2 rings (SSSR count). The van der Waals surface area contributed by atoms with Crippen molar-refractivity contribution >= 4 is 55.0 Å². The lowest BCUT2D eigenvalue weighted by molar-refractivity contribution is -0.384. The van der Waals surface area contributed by atoms with Gasteiger partial charge in [-0.2, -0.15) is 0 Å². The highest BCUT2D eigenvalue weighted by atomic mass is 32.1. The summed E-state index contributed by atoms with van der Waals surface area (Å²) < 4.78 is 1.27. The number of thiol groups is 1. The molecule has 0 fully saturated rings. The van der Waals surface area contributed by atoms with Crippen molar-refractivity contribution in [1.82, 2.24) is 0 Å². The minimum atomic E-state index is -0.461. The number of rotatable bonds is 2. The third-order valence-corrected chi connectivity index (χ3v) is 4.52. The molecule has 7 heteroatoms. The van der Waals surface area contributed by atoms with Crippen LogP contribution >= 0.6 is 49.3 Å². The molecule has 0 bridgehead atoms. The van der Waals surface area contributed by atoms with E-state index < -0.39 is 4.92 Å². The summed E-state index contributed by atoms with van der Waals surface area (Å²) in [6, 6.07) is 6.17. The standard InChI is InChI=1S/C11H5NO2S4/c13-12(14)6-3-1-2-5(4-6)7-8(15)10(17)11(18)9(7)16/h1-4,15H. The van der Waals surface area contributed by atoms with Crippen LogP contribution in [0.25, 0.3) is 11.1 Å². The van der Waals surface area contributed by atoms with Crippen molar-refractivity contribution in [3.8, 4) is 11.1 Å². The van der Waals surface area contributed by atoms with Gasteiger partial charge in [0, 0.05) is 22.6 Å². The molecule has 0 amide bonds. The van der Waals surface area contributed by atoms with E-state index >= 15 is 0 Å². The summed E-state index contributed by atoms with van der Waals surface area (Å²) in [6.45, 7) is 0. The number of non-ortho nitro benzene ring substituents is 1. The Labute approximate surface area is 123 Å². The van der Waals surface area contributed by atoms with E-state index in [0.29, 0.717) is 29.6 Å².